The lowest BCUT2D eigenvalue weighted by atomic mass is 9.76. The molecule has 1 unspecified atom stereocenters. The average molecular weight is 498 g/mol. The molecule has 1 atom stereocenters. The highest BCUT2D eigenvalue weighted by molar-refractivity contribution is 5.86. The fraction of sp³-hybridized carbons (Fsp3) is 0.389. The summed E-state index contributed by atoms with van der Waals surface area (Å²) in [7, 11) is 0. The molecule has 0 aromatic heterocycles. The van der Waals surface area contributed by atoms with Gasteiger partial charge in [-0.1, -0.05) is 160 Å². The van der Waals surface area contributed by atoms with Crippen LogP contribution < -0.4 is 5.32 Å². The van der Waals surface area contributed by atoms with Gasteiger partial charge in [0.15, 0.2) is 0 Å². The summed E-state index contributed by atoms with van der Waals surface area (Å²) in [6.45, 7) is 22.9. The van der Waals surface area contributed by atoms with Gasteiger partial charge in [0.1, 0.15) is 0 Å². The van der Waals surface area contributed by atoms with E-state index in [1.54, 1.807) is 0 Å². The van der Waals surface area contributed by atoms with Gasteiger partial charge < -0.3 is 5.32 Å². The van der Waals surface area contributed by atoms with Gasteiger partial charge >= 0.3 is 0 Å². The van der Waals surface area contributed by atoms with Crippen molar-refractivity contribution in [3.05, 3.63) is 114 Å². The standard InChI is InChI=1S/C16H20.C13H13N.C5H12.C2H6/c1-12(16(2,3)4)14-11-7-9-13-8-5-6-10-15(13)14;1-3-7-12(8-4-1)11-14-13-9-5-2-6-10-13;1-5(2,3)4;1-2/h5-12H,1-4H3;1-10,14H,11H2;1-4H3;1-2H3. The monoisotopic (exact) mass is 497 g/mol. The van der Waals surface area contributed by atoms with Crippen molar-refractivity contribution in [2.24, 2.45) is 10.8 Å². The van der Waals surface area contributed by atoms with Crippen molar-refractivity contribution in [3.63, 3.8) is 0 Å². The first-order valence-corrected chi connectivity index (χ1v) is 13.8. The van der Waals surface area contributed by atoms with Crippen molar-refractivity contribution in [3.8, 4) is 0 Å². The molecule has 0 radical (unpaired) electrons. The molecule has 0 heterocycles. The number of fused-ring (bicyclic) bond motifs is 1. The summed E-state index contributed by atoms with van der Waals surface area (Å²) in [5, 5.41) is 6.10. The second-order valence-corrected chi connectivity index (χ2v) is 11.9. The Kier molecular flexibility index (Phi) is 13.8. The summed E-state index contributed by atoms with van der Waals surface area (Å²) in [5.74, 6) is 0.568. The molecule has 0 aliphatic heterocycles. The maximum atomic E-state index is 3.36. The van der Waals surface area contributed by atoms with Gasteiger partial charge in [-0.25, -0.2) is 0 Å². The highest BCUT2D eigenvalue weighted by atomic mass is 14.9. The zero-order valence-corrected chi connectivity index (χ0v) is 25.1. The van der Waals surface area contributed by atoms with Crippen LogP contribution in [0, 0.1) is 10.8 Å². The predicted octanol–water partition coefficient (Wildman–Crippen LogP) is 11.4. The molecule has 0 saturated carbocycles. The number of hydrogen-bond donors (Lipinski definition) is 1. The van der Waals surface area contributed by atoms with Gasteiger partial charge in [-0.3, -0.25) is 0 Å². The molecule has 4 aromatic rings. The number of benzene rings is 4. The molecular formula is C36H51N. The van der Waals surface area contributed by atoms with E-state index in [9.17, 15) is 0 Å². The third kappa shape index (κ3) is 13.2. The van der Waals surface area contributed by atoms with Gasteiger partial charge in [0.05, 0.1) is 0 Å². The number of nitrogens with one attached hydrogen (secondary N) is 1. The van der Waals surface area contributed by atoms with E-state index in [-0.39, 0.29) is 0 Å². The van der Waals surface area contributed by atoms with Gasteiger partial charge in [-0.15, -0.1) is 0 Å². The molecule has 0 fully saturated rings. The summed E-state index contributed by atoms with van der Waals surface area (Å²) in [5.41, 5.74) is 4.74. The highest BCUT2D eigenvalue weighted by Gasteiger charge is 2.22. The minimum Gasteiger partial charge on any atom is -0.381 e. The van der Waals surface area contributed by atoms with Crippen LogP contribution in [0.5, 0.6) is 0 Å². The minimum atomic E-state index is 0.310. The quantitative estimate of drug-likeness (QED) is 0.295. The van der Waals surface area contributed by atoms with Crippen LogP contribution in [-0.2, 0) is 6.54 Å². The number of para-hydroxylation sites is 1. The molecule has 4 rings (SSSR count). The minimum absolute atomic E-state index is 0.310. The average Bonchev–Trinajstić information content (AvgIpc) is 2.88. The normalized spacial score (nSPS) is 11.5. The lowest BCUT2D eigenvalue weighted by Crippen LogP contribution is -2.15. The van der Waals surface area contributed by atoms with Gasteiger partial charge in [0.25, 0.3) is 0 Å². The van der Waals surface area contributed by atoms with Crippen molar-refractivity contribution >= 4 is 16.5 Å². The van der Waals surface area contributed by atoms with Crippen LogP contribution in [0.2, 0.25) is 0 Å². The van der Waals surface area contributed by atoms with Crippen LogP contribution in [0.25, 0.3) is 10.8 Å². The largest absolute Gasteiger partial charge is 0.381 e. The van der Waals surface area contributed by atoms with E-state index in [4.69, 9.17) is 0 Å². The molecule has 37 heavy (non-hydrogen) atoms. The van der Waals surface area contributed by atoms with Crippen LogP contribution in [0.4, 0.5) is 5.69 Å². The van der Waals surface area contributed by atoms with Crippen LogP contribution in [0.15, 0.2) is 103 Å². The van der Waals surface area contributed by atoms with Crippen LogP contribution in [0.3, 0.4) is 0 Å². The molecular weight excluding hydrogens is 446 g/mol. The third-order valence-electron chi connectivity index (χ3n) is 5.70. The number of anilines is 1. The number of hydrogen-bond acceptors (Lipinski definition) is 1. The fourth-order valence-corrected chi connectivity index (χ4v) is 3.45. The number of rotatable bonds is 4. The van der Waals surface area contributed by atoms with Crippen molar-refractivity contribution in [1.82, 2.24) is 0 Å². The Morgan fingerprint density at radius 2 is 1.05 bits per heavy atom. The summed E-state index contributed by atoms with van der Waals surface area (Å²) < 4.78 is 0. The lowest BCUT2D eigenvalue weighted by molar-refractivity contribution is 0.341. The van der Waals surface area contributed by atoms with Crippen LogP contribution >= 0.6 is 0 Å². The summed E-state index contributed by atoms with van der Waals surface area (Å²) in [4.78, 5) is 0. The molecule has 0 spiro atoms. The van der Waals surface area contributed by atoms with Gasteiger partial charge in [-0.2, -0.15) is 0 Å². The van der Waals surface area contributed by atoms with E-state index < -0.39 is 0 Å². The van der Waals surface area contributed by atoms with E-state index in [0.717, 1.165) is 12.2 Å². The molecule has 0 aliphatic carbocycles. The van der Waals surface area contributed by atoms with Crippen molar-refractivity contribution in [2.75, 3.05) is 5.32 Å². The first-order valence-electron chi connectivity index (χ1n) is 13.8. The van der Waals surface area contributed by atoms with Crippen molar-refractivity contribution in [1.29, 1.82) is 0 Å². The molecule has 4 aromatic carbocycles. The molecule has 1 heteroatoms. The maximum absolute atomic E-state index is 3.36. The molecule has 0 saturated heterocycles. The molecule has 0 aliphatic rings. The Morgan fingerprint density at radius 1 is 0.595 bits per heavy atom. The van der Waals surface area contributed by atoms with Crippen molar-refractivity contribution < 1.29 is 0 Å². The summed E-state index contributed by atoms with van der Waals surface area (Å²) in [6.07, 6.45) is 0. The Hall–Kier alpha value is -3.06. The zero-order valence-electron chi connectivity index (χ0n) is 25.1. The Bertz CT molecular complexity index is 1070. The molecule has 0 amide bonds. The van der Waals surface area contributed by atoms with E-state index in [0.29, 0.717) is 16.7 Å². The zero-order chi connectivity index (χ0) is 27.9. The van der Waals surface area contributed by atoms with Crippen molar-refractivity contribution in [2.45, 2.75) is 81.7 Å². The molecule has 0 bridgehead atoms. The molecule has 200 valence electrons. The highest BCUT2D eigenvalue weighted by Crippen LogP contribution is 2.37. The van der Waals surface area contributed by atoms with Gasteiger partial charge in [0.2, 0.25) is 0 Å². The van der Waals surface area contributed by atoms with Gasteiger partial charge in [0, 0.05) is 12.2 Å². The van der Waals surface area contributed by atoms with Crippen LogP contribution in [-0.4, -0.2) is 0 Å². The topological polar surface area (TPSA) is 12.0 Å². The third-order valence-corrected chi connectivity index (χ3v) is 5.70. The van der Waals surface area contributed by atoms with E-state index >= 15 is 0 Å². The second kappa shape index (κ2) is 15.9. The fourth-order valence-electron chi connectivity index (χ4n) is 3.45. The first kappa shape index (κ1) is 32.0. The summed E-state index contributed by atoms with van der Waals surface area (Å²) in [6, 6.07) is 35.9. The Morgan fingerprint density at radius 3 is 1.59 bits per heavy atom. The van der Waals surface area contributed by atoms with E-state index in [1.165, 1.54) is 21.9 Å². The van der Waals surface area contributed by atoms with E-state index in [2.05, 4.69) is 140 Å². The Labute approximate surface area is 228 Å². The maximum Gasteiger partial charge on any atom is 0.0400 e. The molecule has 1 N–H and O–H groups in total. The predicted molar refractivity (Wildman–Crippen MR) is 169 cm³/mol. The summed E-state index contributed by atoms with van der Waals surface area (Å²) >= 11 is 0. The van der Waals surface area contributed by atoms with Gasteiger partial charge in [-0.05, 0) is 50.8 Å². The van der Waals surface area contributed by atoms with Crippen LogP contribution in [0.1, 0.15) is 86.3 Å². The SMILES string of the molecule is CC.CC(C)(C)C.CC(c1cccc2ccccc12)C(C)(C)C.c1ccc(CNc2ccccc2)cc1. The lowest BCUT2D eigenvalue weighted by Gasteiger charge is -2.28. The Balaban J connectivity index is 0.000000299. The first-order chi connectivity index (χ1) is 17.4. The second-order valence-electron chi connectivity index (χ2n) is 11.9. The molecule has 1 nitrogen and oxygen atoms in total. The smallest absolute Gasteiger partial charge is 0.0400 e. The van der Waals surface area contributed by atoms with E-state index in [1.807, 2.05) is 38.1 Å².